The first-order chi connectivity index (χ1) is 15.0. The third kappa shape index (κ3) is 6.00. The van der Waals surface area contributed by atoms with E-state index in [1.165, 1.54) is 13.2 Å². The van der Waals surface area contributed by atoms with Crippen LogP contribution in [0.15, 0.2) is 72.3 Å². The summed E-state index contributed by atoms with van der Waals surface area (Å²) in [6.45, 7) is 0.282. The molecule has 0 heterocycles. The second-order valence-electron chi connectivity index (χ2n) is 6.40. The molecule has 0 aliphatic rings. The van der Waals surface area contributed by atoms with Crippen LogP contribution in [-0.2, 0) is 11.4 Å². The van der Waals surface area contributed by atoms with Gasteiger partial charge in [0.05, 0.1) is 10.7 Å². The van der Waals surface area contributed by atoms with E-state index in [1.807, 2.05) is 36.4 Å². The number of para-hydroxylation sites is 1. The molecule has 5 nitrogen and oxygen atoms in total. The molecule has 0 saturated carbocycles. The van der Waals surface area contributed by atoms with Crippen LogP contribution in [0.25, 0.3) is 6.08 Å². The summed E-state index contributed by atoms with van der Waals surface area (Å²) in [5, 5.41) is 12.8. The number of anilines is 1. The van der Waals surface area contributed by atoms with E-state index in [1.54, 1.807) is 36.4 Å². The number of methoxy groups -OCH3 is 1. The SMILES string of the molecule is COc1cc(/C=C(/C#N)C(=O)Nc2ccccc2)cc(I)c1OCc1ccccc1Cl. The molecule has 0 aliphatic carbocycles. The van der Waals surface area contributed by atoms with Crippen molar-refractivity contribution in [2.75, 3.05) is 12.4 Å². The van der Waals surface area contributed by atoms with Gasteiger partial charge in [-0.2, -0.15) is 5.26 Å². The highest BCUT2D eigenvalue weighted by atomic mass is 127. The Labute approximate surface area is 199 Å². The lowest BCUT2D eigenvalue weighted by Crippen LogP contribution is -2.13. The van der Waals surface area contributed by atoms with Crippen molar-refractivity contribution in [3.05, 3.63) is 92.0 Å². The number of carbonyl (C=O) groups is 1. The molecule has 0 aromatic heterocycles. The predicted molar refractivity (Wildman–Crippen MR) is 130 cm³/mol. The van der Waals surface area contributed by atoms with Crippen molar-refractivity contribution < 1.29 is 14.3 Å². The van der Waals surface area contributed by atoms with Crippen molar-refractivity contribution >= 4 is 51.9 Å². The summed E-state index contributed by atoms with van der Waals surface area (Å²) in [6.07, 6.45) is 1.51. The molecule has 0 aliphatic heterocycles. The van der Waals surface area contributed by atoms with E-state index in [2.05, 4.69) is 27.9 Å². The van der Waals surface area contributed by atoms with Gasteiger partial charge in [0.2, 0.25) is 0 Å². The van der Waals surface area contributed by atoms with E-state index in [9.17, 15) is 10.1 Å². The molecule has 0 fully saturated rings. The molecule has 1 amide bonds. The molecule has 1 N–H and O–H groups in total. The average Bonchev–Trinajstić information content (AvgIpc) is 2.78. The van der Waals surface area contributed by atoms with Crippen LogP contribution in [0.2, 0.25) is 5.02 Å². The van der Waals surface area contributed by atoms with Crippen LogP contribution in [0.5, 0.6) is 11.5 Å². The Hall–Kier alpha value is -3.02. The van der Waals surface area contributed by atoms with Crippen molar-refractivity contribution in [2.24, 2.45) is 0 Å². The molecular formula is C24H18ClIN2O3. The molecule has 7 heteroatoms. The van der Waals surface area contributed by atoms with Crippen molar-refractivity contribution in [3.63, 3.8) is 0 Å². The molecule has 3 rings (SSSR count). The normalized spacial score (nSPS) is 10.8. The molecule has 156 valence electrons. The summed E-state index contributed by atoms with van der Waals surface area (Å²) in [7, 11) is 1.54. The van der Waals surface area contributed by atoms with Gasteiger partial charge in [-0.05, 0) is 64.6 Å². The maximum atomic E-state index is 12.5. The first-order valence-corrected chi connectivity index (χ1v) is 10.7. The van der Waals surface area contributed by atoms with E-state index in [0.29, 0.717) is 27.8 Å². The number of amides is 1. The monoisotopic (exact) mass is 544 g/mol. The Kier molecular flexibility index (Phi) is 7.93. The minimum absolute atomic E-state index is 0.0218. The van der Waals surface area contributed by atoms with E-state index in [0.717, 1.165) is 9.13 Å². The van der Waals surface area contributed by atoms with E-state index < -0.39 is 5.91 Å². The van der Waals surface area contributed by atoms with Gasteiger partial charge < -0.3 is 14.8 Å². The number of hydrogen-bond donors (Lipinski definition) is 1. The number of rotatable bonds is 7. The van der Waals surface area contributed by atoms with Crippen molar-refractivity contribution in [2.45, 2.75) is 6.61 Å². The van der Waals surface area contributed by atoms with Crippen molar-refractivity contribution in [3.8, 4) is 17.6 Å². The molecule has 0 saturated heterocycles. The van der Waals surface area contributed by atoms with Gasteiger partial charge in [0.1, 0.15) is 18.2 Å². The summed E-state index contributed by atoms with van der Waals surface area (Å²) in [5.41, 5.74) is 2.09. The van der Waals surface area contributed by atoms with Gasteiger partial charge in [-0.15, -0.1) is 0 Å². The largest absolute Gasteiger partial charge is 0.493 e. The lowest BCUT2D eigenvalue weighted by molar-refractivity contribution is -0.112. The van der Waals surface area contributed by atoms with Crippen LogP contribution in [0, 0.1) is 14.9 Å². The summed E-state index contributed by atoms with van der Waals surface area (Å²) >= 11 is 8.33. The maximum Gasteiger partial charge on any atom is 0.266 e. The lowest BCUT2D eigenvalue weighted by Gasteiger charge is -2.14. The molecule has 0 spiro atoms. The van der Waals surface area contributed by atoms with Crippen LogP contribution in [-0.4, -0.2) is 13.0 Å². The third-order valence-electron chi connectivity index (χ3n) is 4.29. The van der Waals surface area contributed by atoms with Crippen LogP contribution in [0.4, 0.5) is 5.69 Å². The first-order valence-electron chi connectivity index (χ1n) is 9.23. The van der Waals surface area contributed by atoms with Gasteiger partial charge in [0.15, 0.2) is 11.5 Å². The van der Waals surface area contributed by atoms with E-state index in [-0.39, 0.29) is 12.2 Å². The summed E-state index contributed by atoms with van der Waals surface area (Å²) in [4.78, 5) is 12.5. The Morgan fingerprint density at radius 2 is 1.87 bits per heavy atom. The Morgan fingerprint density at radius 1 is 1.16 bits per heavy atom. The number of ether oxygens (including phenoxy) is 2. The second kappa shape index (κ2) is 10.8. The van der Waals surface area contributed by atoms with Gasteiger partial charge in [-0.3, -0.25) is 4.79 Å². The number of halogens is 2. The number of carbonyl (C=O) groups excluding carboxylic acids is 1. The van der Waals surface area contributed by atoms with Crippen molar-refractivity contribution in [1.29, 1.82) is 5.26 Å². The summed E-state index contributed by atoms with van der Waals surface area (Å²) < 4.78 is 12.2. The summed E-state index contributed by atoms with van der Waals surface area (Å²) in [6, 6.07) is 21.9. The number of benzene rings is 3. The molecule has 0 unspecified atom stereocenters. The van der Waals surface area contributed by atoms with Crippen LogP contribution in [0.1, 0.15) is 11.1 Å². The number of nitriles is 1. The Morgan fingerprint density at radius 3 is 2.55 bits per heavy atom. The van der Waals surface area contributed by atoms with Gasteiger partial charge in [0.25, 0.3) is 5.91 Å². The highest BCUT2D eigenvalue weighted by Gasteiger charge is 2.14. The maximum absolute atomic E-state index is 12.5. The number of nitrogens with one attached hydrogen (secondary N) is 1. The molecule has 31 heavy (non-hydrogen) atoms. The van der Waals surface area contributed by atoms with Crippen LogP contribution >= 0.6 is 34.2 Å². The fraction of sp³-hybridized carbons (Fsp3) is 0.0833. The van der Waals surface area contributed by atoms with E-state index in [4.69, 9.17) is 21.1 Å². The Balaban J connectivity index is 1.83. The highest BCUT2D eigenvalue weighted by Crippen LogP contribution is 2.35. The first kappa shape index (κ1) is 22.7. The number of hydrogen-bond acceptors (Lipinski definition) is 4. The minimum atomic E-state index is -0.485. The molecule has 0 bridgehead atoms. The van der Waals surface area contributed by atoms with Crippen LogP contribution in [0.3, 0.4) is 0 Å². The van der Waals surface area contributed by atoms with Gasteiger partial charge in [-0.1, -0.05) is 48.0 Å². The Bertz CT molecular complexity index is 1160. The quantitative estimate of drug-likeness (QED) is 0.222. The third-order valence-corrected chi connectivity index (χ3v) is 5.46. The standard InChI is InChI=1S/C24H18ClIN2O3/c1-30-22-13-16(11-18(14-27)24(29)28-19-8-3-2-4-9-19)12-21(26)23(22)31-15-17-7-5-6-10-20(17)25/h2-13H,15H2,1H3,(H,28,29)/b18-11-. The fourth-order valence-corrected chi connectivity index (χ4v) is 3.74. The fourth-order valence-electron chi connectivity index (χ4n) is 2.76. The minimum Gasteiger partial charge on any atom is -0.493 e. The second-order valence-corrected chi connectivity index (χ2v) is 7.97. The molecular weight excluding hydrogens is 527 g/mol. The number of nitrogens with zero attached hydrogens (tertiary/aromatic N) is 1. The lowest BCUT2D eigenvalue weighted by atomic mass is 10.1. The smallest absolute Gasteiger partial charge is 0.266 e. The topological polar surface area (TPSA) is 71.3 Å². The van der Waals surface area contributed by atoms with Gasteiger partial charge >= 0.3 is 0 Å². The van der Waals surface area contributed by atoms with Gasteiger partial charge in [-0.25, -0.2) is 0 Å². The van der Waals surface area contributed by atoms with Gasteiger partial charge in [0, 0.05) is 16.3 Å². The zero-order valence-electron chi connectivity index (χ0n) is 16.6. The summed E-state index contributed by atoms with van der Waals surface area (Å²) in [5.74, 6) is 0.570. The van der Waals surface area contributed by atoms with Crippen LogP contribution < -0.4 is 14.8 Å². The van der Waals surface area contributed by atoms with E-state index >= 15 is 0 Å². The zero-order valence-corrected chi connectivity index (χ0v) is 19.5. The predicted octanol–water partition coefficient (Wildman–Crippen LogP) is 6.08. The molecule has 3 aromatic rings. The molecule has 0 radical (unpaired) electrons. The molecule has 0 atom stereocenters. The van der Waals surface area contributed by atoms with Crippen molar-refractivity contribution in [1.82, 2.24) is 0 Å². The highest BCUT2D eigenvalue weighted by molar-refractivity contribution is 14.1. The molecule has 3 aromatic carbocycles. The average molecular weight is 545 g/mol. The zero-order chi connectivity index (χ0) is 22.2.